The van der Waals surface area contributed by atoms with Crippen LogP contribution in [0.2, 0.25) is 0 Å². The van der Waals surface area contributed by atoms with Crippen molar-refractivity contribution in [3.63, 3.8) is 0 Å². The van der Waals surface area contributed by atoms with E-state index in [2.05, 4.69) is 10.6 Å². The van der Waals surface area contributed by atoms with Gasteiger partial charge in [0.2, 0.25) is 10.0 Å². The molecule has 4 N–H and O–H groups in total. The van der Waals surface area contributed by atoms with E-state index in [1.165, 1.54) is 43.4 Å². The fraction of sp³-hybridized carbons (Fsp3) is 0.438. The standard InChI is InChI=1S/C16H23N3O3S/c1-12(14-4-2-3-5-14)10-18-16(20)19-11-13-6-8-15(9-7-13)23(17,21)22/h6-10,14H,2-5,11H2,1H3,(H2,17,21,22)(H2,18,19,20)/b12-10+. The highest BCUT2D eigenvalue weighted by molar-refractivity contribution is 7.89. The minimum absolute atomic E-state index is 0.0563. The number of sulfonamides is 1. The van der Waals surface area contributed by atoms with Gasteiger partial charge in [0, 0.05) is 12.7 Å². The van der Waals surface area contributed by atoms with E-state index in [1.807, 2.05) is 6.92 Å². The molecule has 1 saturated carbocycles. The minimum atomic E-state index is -3.68. The van der Waals surface area contributed by atoms with Crippen LogP contribution in [0.4, 0.5) is 4.79 Å². The SMILES string of the molecule is C/C(=C\NC(=O)NCc1ccc(S(N)(=O)=O)cc1)C1CCCC1. The van der Waals surface area contributed by atoms with Crippen molar-refractivity contribution in [2.24, 2.45) is 11.1 Å². The molecule has 0 bridgehead atoms. The summed E-state index contributed by atoms with van der Waals surface area (Å²) in [5.74, 6) is 0.584. The van der Waals surface area contributed by atoms with Crippen molar-refractivity contribution in [1.82, 2.24) is 10.6 Å². The highest BCUT2D eigenvalue weighted by atomic mass is 32.2. The van der Waals surface area contributed by atoms with E-state index >= 15 is 0 Å². The number of rotatable bonds is 5. The Bertz CT molecular complexity index is 675. The maximum absolute atomic E-state index is 11.8. The Morgan fingerprint density at radius 2 is 1.87 bits per heavy atom. The number of urea groups is 1. The summed E-state index contributed by atoms with van der Waals surface area (Å²) in [5.41, 5.74) is 2.00. The lowest BCUT2D eigenvalue weighted by molar-refractivity contribution is 0.243. The van der Waals surface area contributed by atoms with Crippen LogP contribution in [-0.2, 0) is 16.6 Å². The molecule has 1 aliphatic rings. The number of hydrogen-bond donors (Lipinski definition) is 3. The van der Waals surface area contributed by atoms with Crippen molar-refractivity contribution in [3.8, 4) is 0 Å². The van der Waals surface area contributed by atoms with Crippen molar-refractivity contribution >= 4 is 16.1 Å². The number of benzene rings is 1. The predicted octanol–water partition coefficient (Wildman–Crippen LogP) is 2.23. The molecule has 126 valence electrons. The van der Waals surface area contributed by atoms with Crippen molar-refractivity contribution < 1.29 is 13.2 Å². The second kappa shape index (κ2) is 7.61. The van der Waals surface area contributed by atoms with Crippen LogP contribution in [0, 0.1) is 5.92 Å². The van der Waals surface area contributed by atoms with Crippen LogP contribution in [0.3, 0.4) is 0 Å². The average Bonchev–Trinajstić information content (AvgIpc) is 3.04. The molecule has 0 saturated heterocycles. The second-order valence-corrected chi connectivity index (χ2v) is 7.45. The number of allylic oxidation sites excluding steroid dienone is 1. The maximum atomic E-state index is 11.8. The van der Waals surface area contributed by atoms with Crippen LogP contribution < -0.4 is 15.8 Å². The number of primary sulfonamides is 1. The van der Waals surface area contributed by atoms with Gasteiger partial charge in [-0.05, 0) is 43.4 Å². The highest BCUT2D eigenvalue weighted by Gasteiger charge is 2.16. The van der Waals surface area contributed by atoms with E-state index in [-0.39, 0.29) is 10.9 Å². The summed E-state index contributed by atoms with van der Waals surface area (Å²) in [6.45, 7) is 2.36. The molecule has 0 aromatic heterocycles. The van der Waals surface area contributed by atoms with Crippen LogP contribution in [0.1, 0.15) is 38.2 Å². The number of carbonyl (C=O) groups is 1. The Balaban J connectivity index is 1.81. The van der Waals surface area contributed by atoms with Crippen LogP contribution in [0.15, 0.2) is 40.9 Å². The van der Waals surface area contributed by atoms with E-state index in [0.717, 1.165) is 5.56 Å². The largest absolute Gasteiger partial charge is 0.334 e. The van der Waals surface area contributed by atoms with Crippen LogP contribution >= 0.6 is 0 Å². The lowest BCUT2D eigenvalue weighted by Crippen LogP contribution is -2.32. The Labute approximate surface area is 137 Å². The zero-order valence-electron chi connectivity index (χ0n) is 13.2. The molecule has 0 aliphatic heterocycles. The zero-order chi connectivity index (χ0) is 16.9. The monoisotopic (exact) mass is 337 g/mol. The first-order valence-corrected chi connectivity index (χ1v) is 9.23. The molecule has 0 radical (unpaired) electrons. The summed E-state index contributed by atoms with van der Waals surface area (Å²) >= 11 is 0. The molecule has 0 atom stereocenters. The molecule has 6 nitrogen and oxygen atoms in total. The van der Waals surface area contributed by atoms with Gasteiger partial charge in [0.25, 0.3) is 0 Å². The lowest BCUT2D eigenvalue weighted by atomic mass is 10.0. The van der Waals surface area contributed by atoms with E-state index in [0.29, 0.717) is 12.5 Å². The average molecular weight is 337 g/mol. The van der Waals surface area contributed by atoms with Gasteiger partial charge in [0.15, 0.2) is 0 Å². The van der Waals surface area contributed by atoms with Gasteiger partial charge in [0.1, 0.15) is 0 Å². The first-order chi connectivity index (χ1) is 10.9. The van der Waals surface area contributed by atoms with Gasteiger partial charge in [-0.15, -0.1) is 0 Å². The van der Waals surface area contributed by atoms with Crippen molar-refractivity contribution in [3.05, 3.63) is 41.6 Å². The Kier molecular flexibility index (Phi) is 5.79. The summed E-state index contributed by atoms with van der Waals surface area (Å²) < 4.78 is 22.3. The third kappa shape index (κ3) is 5.37. The molecule has 0 heterocycles. The van der Waals surface area contributed by atoms with Crippen LogP contribution in [0.25, 0.3) is 0 Å². The molecular weight excluding hydrogens is 314 g/mol. The number of carbonyl (C=O) groups excluding carboxylic acids is 1. The van der Waals surface area contributed by atoms with E-state index < -0.39 is 10.0 Å². The van der Waals surface area contributed by atoms with E-state index in [1.54, 1.807) is 18.3 Å². The first-order valence-electron chi connectivity index (χ1n) is 7.69. The summed E-state index contributed by atoms with van der Waals surface area (Å²) in [6.07, 6.45) is 6.69. The van der Waals surface area contributed by atoms with E-state index in [9.17, 15) is 13.2 Å². The topological polar surface area (TPSA) is 101 Å². The third-order valence-electron chi connectivity index (χ3n) is 4.14. The number of amides is 2. The van der Waals surface area contributed by atoms with Crippen molar-refractivity contribution in [2.75, 3.05) is 0 Å². The van der Waals surface area contributed by atoms with Crippen LogP contribution in [-0.4, -0.2) is 14.4 Å². The minimum Gasteiger partial charge on any atom is -0.334 e. The fourth-order valence-electron chi connectivity index (χ4n) is 2.71. The van der Waals surface area contributed by atoms with Gasteiger partial charge in [-0.25, -0.2) is 18.4 Å². The fourth-order valence-corrected chi connectivity index (χ4v) is 3.22. The normalized spacial score (nSPS) is 16.3. The quantitative estimate of drug-likeness (QED) is 0.768. The first kappa shape index (κ1) is 17.5. The van der Waals surface area contributed by atoms with Crippen LogP contribution in [0.5, 0.6) is 0 Å². The zero-order valence-corrected chi connectivity index (χ0v) is 14.0. The van der Waals surface area contributed by atoms with Gasteiger partial charge in [-0.2, -0.15) is 0 Å². The Morgan fingerprint density at radius 1 is 1.26 bits per heavy atom. The molecule has 1 fully saturated rings. The summed E-state index contributed by atoms with van der Waals surface area (Å²) in [6, 6.07) is 5.82. The Morgan fingerprint density at radius 3 is 2.43 bits per heavy atom. The van der Waals surface area contributed by atoms with Gasteiger partial charge in [-0.3, -0.25) is 0 Å². The van der Waals surface area contributed by atoms with Gasteiger partial charge in [-0.1, -0.05) is 30.5 Å². The molecular formula is C16H23N3O3S. The van der Waals surface area contributed by atoms with Gasteiger partial charge in [0.05, 0.1) is 4.90 Å². The molecule has 1 aliphatic carbocycles. The predicted molar refractivity (Wildman–Crippen MR) is 88.9 cm³/mol. The van der Waals surface area contributed by atoms with Crippen molar-refractivity contribution in [1.29, 1.82) is 0 Å². The molecule has 7 heteroatoms. The molecule has 1 aromatic carbocycles. The highest BCUT2D eigenvalue weighted by Crippen LogP contribution is 2.30. The Hall–Kier alpha value is -1.86. The van der Waals surface area contributed by atoms with Gasteiger partial charge >= 0.3 is 6.03 Å². The molecule has 2 rings (SSSR count). The summed E-state index contributed by atoms with van der Waals surface area (Å²) in [4.78, 5) is 11.8. The lowest BCUT2D eigenvalue weighted by Gasteiger charge is -2.10. The second-order valence-electron chi connectivity index (χ2n) is 5.89. The number of nitrogens with two attached hydrogens (primary N) is 1. The molecule has 2 amide bonds. The number of nitrogens with one attached hydrogen (secondary N) is 2. The molecule has 0 unspecified atom stereocenters. The van der Waals surface area contributed by atoms with E-state index in [4.69, 9.17) is 5.14 Å². The summed E-state index contributed by atoms with van der Waals surface area (Å²) in [5, 5.41) is 10.5. The number of hydrogen-bond acceptors (Lipinski definition) is 3. The third-order valence-corrected chi connectivity index (χ3v) is 5.06. The van der Waals surface area contributed by atoms with Crippen molar-refractivity contribution in [2.45, 2.75) is 44.0 Å². The smallest absolute Gasteiger partial charge is 0.319 e. The molecule has 0 spiro atoms. The molecule has 23 heavy (non-hydrogen) atoms. The van der Waals surface area contributed by atoms with Gasteiger partial charge < -0.3 is 10.6 Å². The summed E-state index contributed by atoms with van der Waals surface area (Å²) in [7, 11) is -3.68. The molecule has 1 aromatic rings. The maximum Gasteiger partial charge on any atom is 0.319 e.